The van der Waals surface area contributed by atoms with E-state index in [-0.39, 0.29) is 17.2 Å². The number of anilines is 2. The quantitative estimate of drug-likeness (QED) is 0.839. The number of nitrogens with zero attached hydrogens (tertiary/aromatic N) is 1. The molecule has 104 valence electrons. The van der Waals surface area contributed by atoms with Crippen molar-refractivity contribution in [2.75, 3.05) is 17.2 Å². The number of rotatable bonds is 4. The fourth-order valence-electron chi connectivity index (χ4n) is 2.09. The molecule has 0 spiro atoms. The first-order valence-corrected chi connectivity index (χ1v) is 6.59. The van der Waals surface area contributed by atoms with Crippen LogP contribution in [0.15, 0.2) is 48.5 Å². The summed E-state index contributed by atoms with van der Waals surface area (Å²) >= 11 is 0. The average molecular weight is 270 g/mol. The first kappa shape index (κ1) is 13.9. The number of hydrogen-bond donors (Lipinski definition) is 2. The first-order chi connectivity index (χ1) is 9.65. The van der Waals surface area contributed by atoms with Gasteiger partial charge in [-0.05, 0) is 30.7 Å². The number of nitrogens with two attached hydrogens (primary N) is 1. The van der Waals surface area contributed by atoms with Crippen LogP contribution in [0.3, 0.4) is 0 Å². The molecule has 0 aliphatic rings. The highest BCUT2D eigenvalue weighted by Crippen LogP contribution is 2.26. The molecule has 1 amide bonds. The van der Waals surface area contributed by atoms with Crippen molar-refractivity contribution >= 4 is 17.3 Å². The van der Waals surface area contributed by atoms with Gasteiger partial charge in [-0.15, -0.1) is 0 Å². The molecule has 0 saturated heterocycles. The van der Waals surface area contributed by atoms with Crippen molar-refractivity contribution in [3.8, 4) is 5.75 Å². The topological polar surface area (TPSA) is 66.6 Å². The van der Waals surface area contributed by atoms with Gasteiger partial charge in [0.15, 0.2) is 0 Å². The lowest BCUT2D eigenvalue weighted by molar-refractivity contribution is 0.0984. The maximum Gasteiger partial charge on any atom is 0.262 e. The van der Waals surface area contributed by atoms with Crippen LogP contribution in [0.1, 0.15) is 23.7 Å². The van der Waals surface area contributed by atoms with Gasteiger partial charge in [-0.2, -0.15) is 0 Å². The lowest BCUT2D eigenvalue weighted by Gasteiger charge is -2.24. The number of hydrogen-bond acceptors (Lipinski definition) is 3. The van der Waals surface area contributed by atoms with Crippen LogP contribution in [0, 0.1) is 0 Å². The molecule has 2 aromatic rings. The molecule has 0 bridgehead atoms. The molecule has 0 saturated carbocycles. The third-order valence-electron chi connectivity index (χ3n) is 3.05. The van der Waals surface area contributed by atoms with Crippen LogP contribution >= 0.6 is 0 Å². The molecule has 2 aromatic carbocycles. The summed E-state index contributed by atoms with van der Waals surface area (Å²) in [6.07, 6.45) is 0.799. The highest BCUT2D eigenvalue weighted by atomic mass is 16.3. The van der Waals surface area contributed by atoms with Crippen LogP contribution in [-0.2, 0) is 0 Å². The van der Waals surface area contributed by atoms with E-state index >= 15 is 0 Å². The zero-order valence-electron chi connectivity index (χ0n) is 11.4. The maximum absolute atomic E-state index is 12.6. The minimum atomic E-state index is -0.247. The van der Waals surface area contributed by atoms with E-state index in [2.05, 4.69) is 0 Å². The summed E-state index contributed by atoms with van der Waals surface area (Å²) in [4.78, 5) is 14.2. The Labute approximate surface area is 118 Å². The number of para-hydroxylation sites is 3. The average Bonchev–Trinajstić information content (AvgIpc) is 2.46. The Hall–Kier alpha value is -2.49. The minimum absolute atomic E-state index is 0.0203. The van der Waals surface area contributed by atoms with Gasteiger partial charge in [-0.25, -0.2) is 0 Å². The highest BCUT2D eigenvalue weighted by Gasteiger charge is 2.20. The minimum Gasteiger partial charge on any atom is -0.507 e. The van der Waals surface area contributed by atoms with Gasteiger partial charge in [-0.3, -0.25) is 4.79 Å². The Kier molecular flexibility index (Phi) is 4.25. The van der Waals surface area contributed by atoms with Crippen molar-refractivity contribution in [1.29, 1.82) is 0 Å². The third-order valence-corrected chi connectivity index (χ3v) is 3.05. The number of nitrogen functional groups attached to an aromatic ring is 1. The molecule has 4 nitrogen and oxygen atoms in total. The summed E-state index contributed by atoms with van der Waals surface area (Å²) in [6.45, 7) is 2.53. The monoisotopic (exact) mass is 270 g/mol. The zero-order chi connectivity index (χ0) is 14.5. The van der Waals surface area contributed by atoms with Crippen molar-refractivity contribution in [3.05, 3.63) is 54.1 Å². The second kappa shape index (κ2) is 6.10. The second-order valence-corrected chi connectivity index (χ2v) is 4.53. The largest absolute Gasteiger partial charge is 0.507 e. The van der Waals surface area contributed by atoms with Crippen LogP contribution in [0.25, 0.3) is 0 Å². The molecule has 4 heteroatoms. The number of phenolic OH excluding ortho intramolecular Hbond substituents is 1. The Morgan fingerprint density at radius 2 is 1.80 bits per heavy atom. The molecule has 0 aromatic heterocycles. The van der Waals surface area contributed by atoms with E-state index in [1.165, 1.54) is 6.07 Å². The summed E-state index contributed by atoms with van der Waals surface area (Å²) in [5, 5.41) is 9.84. The van der Waals surface area contributed by atoms with Gasteiger partial charge in [0.25, 0.3) is 5.91 Å². The molecule has 20 heavy (non-hydrogen) atoms. The molecule has 0 heterocycles. The summed E-state index contributed by atoms with van der Waals surface area (Å²) in [6, 6.07) is 13.8. The number of benzene rings is 2. The fourth-order valence-corrected chi connectivity index (χ4v) is 2.09. The summed E-state index contributed by atoms with van der Waals surface area (Å²) in [7, 11) is 0. The molecule has 0 unspecified atom stereocenters. The van der Waals surface area contributed by atoms with Crippen LogP contribution in [0.4, 0.5) is 11.4 Å². The SMILES string of the molecule is CCCN(C(=O)c1ccccc1O)c1ccccc1N. The van der Waals surface area contributed by atoms with Crippen LogP contribution in [0.2, 0.25) is 0 Å². The predicted octanol–water partition coefficient (Wildman–Crippen LogP) is 3.03. The van der Waals surface area contributed by atoms with E-state index in [4.69, 9.17) is 5.73 Å². The lowest BCUT2D eigenvalue weighted by atomic mass is 10.1. The van der Waals surface area contributed by atoms with E-state index in [1.807, 2.05) is 25.1 Å². The number of aromatic hydroxyl groups is 1. The normalized spacial score (nSPS) is 10.2. The second-order valence-electron chi connectivity index (χ2n) is 4.53. The Morgan fingerprint density at radius 1 is 1.15 bits per heavy atom. The van der Waals surface area contributed by atoms with Crippen molar-refractivity contribution in [2.24, 2.45) is 0 Å². The summed E-state index contributed by atoms with van der Waals surface area (Å²) in [5.74, 6) is -0.268. The summed E-state index contributed by atoms with van der Waals surface area (Å²) in [5.41, 5.74) is 7.45. The molecule has 3 N–H and O–H groups in total. The molecular formula is C16H18N2O2. The van der Waals surface area contributed by atoms with Crippen LogP contribution in [-0.4, -0.2) is 17.6 Å². The number of carbonyl (C=O) groups is 1. The van der Waals surface area contributed by atoms with Crippen LogP contribution in [0.5, 0.6) is 5.75 Å². The number of carbonyl (C=O) groups excluding carboxylic acids is 1. The van der Waals surface area contributed by atoms with Crippen molar-refractivity contribution in [3.63, 3.8) is 0 Å². The van der Waals surface area contributed by atoms with Gasteiger partial charge in [0.05, 0.1) is 16.9 Å². The smallest absolute Gasteiger partial charge is 0.262 e. The maximum atomic E-state index is 12.6. The lowest BCUT2D eigenvalue weighted by Crippen LogP contribution is -2.32. The van der Waals surface area contributed by atoms with E-state index in [1.54, 1.807) is 29.2 Å². The predicted molar refractivity (Wildman–Crippen MR) is 80.9 cm³/mol. The van der Waals surface area contributed by atoms with E-state index < -0.39 is 0 Å². The Balaban J connectivity index is 2.42. The van der Waals surface area contributed by atoms with Crippen LogP contribution < -0.4 is 10.6 Å². The van der Waals surface area contributed by atoms with E-state index in [9.17, 15) is 9.90 Å². The zero-order valence-corrected chi connectivity index (χ0v) is 11.4. The van der Waals surface area contributed by atoms with Gasteiger partial charge in [-0.1, -0.05) is 31.2 Å². The van der Waals surface area contributed by atoms with E-state index in [0.29, 0.717) is 17.9 Å². The number of phenols is 1. The molecule has 0 fully saturated rings. The van der Waals surface area contributed by atoms with E-state index in [0.717, 1.165) is 6.42 Å². The molecule has 0 atom stereocenters. The van der Waals surface area contributed by atoms with Gasteiger partial charge < -0.3 is 15.7 Å². The first-order valence-electron chi connectivity index (χ1n) is 6.59. The third kappa shape index (κ3) is 2.74. The van der Waals surface area contributed by atoms with Gasteiger partial charge in [0, 0.05) is 6.54 Å². The highest BCUT2D eigenvalue weighted by molar-refractivity contribution is 6.09. The molecular weight excluding hydrogens is 252 g/mol. The number of amides is 1. The molecule has 0 radical (unpaired) electrons. The molecule has 2 rings (SSSR count). The van der Waals surface area contributed by atoms with Crippen molar-refractivity contribution < 1.29 is 9.90 Å². The molecule has 0 aliphatic heterocycles. The van der Waals surface area contributed by atoms with Gasteiger partial charge >= 0.3 is 0 Å². The van der Waals surface area contributed by atoms with Gasteiger partial charge in [0.1, 0.15) is 5.75 Å². The standard InChI is InChI=1S/C16H18N2O2/c1-2-11-18(14-9-5-4-8-13(14)17)16(20)12-7-3-6-10-15(12)19/h3-10,19H,2,11,17H2,1H3. The van der Waals surface area contributed by atoms with Crippen molar-refractivity contribution in [2.45, 2.75) is 13.3 Å². The summed E-state index contributed by atoms with van der Waals surface area (Å²) < 4.78 is 0. The Bertz CT molecular complexity index is 611. The molecule has 0 aliphatic carbocycles. The van der Waals surface area contributed by atoms with Crippen molar-refractivity contribution in [1.82, 2.24) is 0 Å². The Morgan fingerprint density at radius 3 is 2.45 bits per heavy atom. The van der Waals surface area contributed by atoms with Gasteiger partial charge in [0.2, 0.25) is 0 Å². The fraction of sp³-hybridized carbons (Fsp3) is 0.188.